The first-order chi connectivity index (χ1) is 16.6. The Morgan fingerprint density at radius 1 is 0.676 bits per heavy atom. The van der Waals surface area contributed by atoms with Gasteiger partial charge in [0.15, 0.2) is 12.4 Å². The molecule has 2 amide bonds. The van der Waals surface area contributed by atoms with Gasteiger partial charge in [-0.3, -0.25) is 24.1 Å². The number of ketones is 1. The van der Waals surface area contributed by atoms with E-state index in [0.717, 1.165) is 27.2 Å². The van der Waals surface area contributed by atoms with Gasteiger partial charge in [-0.05, 0) is 22.3 Å². The number of carbonyl (C=O) groups excluding carboxylic acids is 4. The van der Waals surface area contributed by atoms with Crippen molar-refractivity contribution in [3.8, 4) is 0 Å². The van der Waals surface area contributed by atoms with E-state index in [1.165, 1.54) is 0 Å². The fraction of sp³-hybridized carbons (Fsp3) is 0.214. The number of hydrogen-bond acceptors (Lipinski definition) is 5. The van der Waals surface area contributed by atoms with Gasteiger partial charge in [-0.1, -0.05) is 78.9 Å². The van der Waals surface area contributed by atoms with Crippen molar-refractivity contribution in [1.82, 2.24) is 4.90 Å². The molecule has 3 aromatic carbocycles. The van der Waals surface area contributed by atoms with Gasteiger partial charge in [0.05, 0.1) is 11.8 Å². The van der Waals surface area contributed by atoms with Gasteiger partial charge in [-0.15, -0.1) is 0 Å². The van der Waals surface area contributed by atoms with Gasteiger partial charge in [0.25, 0.3) is 0 Å². The van der Waals surface area contributed by atoms with E-state index in [-0.39, 0.29) is 29.4 Å². The summed E-state index contributed by atoms with van der Waals surface area (Å²) in [5, 5.41) is 0. The monoisotopic (exact) mass is 451 g/mol. The van der Waals surface area contributed by atoms with Crippen LogP contribution in [0.3, 0.4) is 0 Å². The first-order valence-corrected chi connectivity index (χ1v) is 11.3. The predicted octanol–water partition coefficient (Wildman–Crippen LogP) is 3.30. The normalized spacial score (nSPS) is 23.8. The third kappa shape index (κ3) is 2.95. The molecule has 1 saturated heterocycles. The van der Waals surface area contributed by atoms with E-state index in [9.17, 15) is 19.2 Å². The van der Waals surface area contributed by atoms with Crippen molar-refractivity contribution in [3.63, 3.8) is 0 Å². The van der Waals surface area contributed by atoms with Crippen LogP contribution in [0, 0.1) is 11.8 Å². The van der Waals surface area contributed by atoms with E-state index >= 15 is 0 Å². The highest BCUT2D eigenvalue weighted by atomic mass is 16.5. The van der Waals surface area contributed by atoms with E-state index in [1.807, 2.05) is 48.5 Å². The van der Waals surface area contributed by atoms with Gasteiger partial charge in [-0.25, -0.2) is 0 Å². The first-order valence-electron chi connectivity index (χ1n) is 11.3. The molecule has 34 heavy (non-hydrogen) atoms. The summed E-state index contributed by atoms with van der Waals surface area (Å²) in [5.41, 5.74) is 4.73. The lowest BCUT2D eigenvalue weighted by Gasteiger charge is -2.45. The van der Waals surface area contributed by atoms with Crippen LogP contribution in [-0.2, 0) is 19.1 Å². The van der Waals surface area contributed by atoms with Crippen molar-refractivity contribution < 1.29 is 23.9 Å². The highest BCUT2D eigenvalue weighted by Gasteiger charge is 2.61. The summed E-state index contributed by atoms with van der Waals surface area (Å²) in [5.74, 6) is -3.33. The molecule has 6 nitrogen and oxygen atoms in total. The molecule has 0 N–H and O–H groups in total. The Balaban J connectivity index is 1.25. The predicted molar refractivity (Wildman–Crippen MR) is 122 cm³/mol. The van der Waals surface area contributed by atoms with Crippen LogP contribution in [0.15, 0.2) is 78.9 Å². The minimum atomic E-state index is -0.771. The molecule has 1 fully saturated rings. The molecule has 3 aliphatic carbocycles. The second-order valence-corrected chi connectivity index (χ2v) is 8.98. The zero-order chi connectivity index (χ0) is 23.4. The molecule has 0 spiro atoms. The fourth-order valence-electron chi connectivity index (χ4n) is 5.92. The number of Topliss-reactive ketones (excluding diaryl/α,β-unsaturated/α-hetero) is 1. The third-order valence-electron chi connectivity index (χ3n) is 7.29. The van der Waals surface area contributed by atoms with Crippen LogP contribution in [0.2, 0.25) is 0 Å². The van der Waals surface area contributed by atoms with Crippen molar-refractivity contribution in [2.45, 2.75) is 11.8 Å². The summed E-state index contributed by atoms with van der Waals surface area (Å²) < 4.78 is 5.13. The molecule has 168 valence electrons. The van der Waals surface area contributed by atoms with Crippen LogP contribution in [0.25, 0.3) is 0 Å². The molecule has 1 aliphatic heterocycles. The number of rotatable bonds is 5. The molecule has 0 unspecified atom stereocenters. The van der Waals surface area contributed by atoms with Crippen LogP contribution in [0.4, 0.5) is 0 Å². The molecule has 2 atom stereocenters. The fourth-order valence-corrected chi connectivity index (χ4v) is 5.92. The zero-order valence-corrected chi connectivity index (χ0v) is 18.2. The topological polar surface area (TPSA) is 80.8 Å². The number of imide groups is 1. The smallest absolute Gasteiger partial charge is 0.326 e. The molecule has 0 aromatic heterocycles. The minimum absolute atomic E-state index is 0.223. The third-order valence-corrected chi connectivity index (χ3v) is 7.29. The standard InChI is InChI=1S/C28H21NO5/c30-21(16-8-2-1-3-9-16)15-34-22(31)14-29-27(32)25-23-17-10-4-5-11-18(17)24(26(25)28(29)33)20-13-7-6-12-19(20)23/h1-13,23-26H,14-15H2/t23?,24?,25-,26-/m0/s1. The number of benzene rings is 3. The number of hydrogen-bond donors (Lipinski definition) is 0. The molecule has 1 heterocycles. The molecule has 0 radical (unpaired) electrons. The van der Waals surface area contributed by atoms with Gasteiger partial charge in [0.2, 0.25) is 11.8 Å². The van der Waals surface area contributed by atoms with E-state index in [0.29, 0.717) is 5.56 Å². The van der Waals surface area contributed by atoms with Gasteiger partial charge in [0.1, 0.15) is 6.54 Å². The van der Waals surface area contributed by atoms with Crippen molar-refractivity contribution in [1.29, 1.82) is 0 Å². The summed E-state index contributed by atoms with van der Waals surface area (Å²) in [6.07, 6.45) is 0. The Hall–Kier alpha value is -4.06. The lowest BCUT2D eigenvalue weighted by Crippen LogP contribution is -2.41. The largest absolute Gasteiger partial charge is 0.456 e. The van der Waals surface area contributed by atoms with Gasteiger partial charge < -0.3 is 4.74 Å². The second-order valence-electron chi connectivity index (χ2n) is 8.98. The molecule has 2 bridgehead atoms. The van der Waals surface area contributed by atoms with Crippen molar-refractivity contribution in [2.24, 2.45) is 11.8 Å². The van der Waals surface area contributed by atoms with Crippen LogP contribution in [0.5, 0.6) is 0 Å². The van der Waals surface area contributed by atoms with Crippen LogP contribution < -0.4 is 0 Å². The van der Waals surface area contributed by atoms with Crippen molar-refractivity contribution in [2.75, 3.05) is 13.2 Å². The quantitative estimate of drug-likeness (QED) is 0.338. The molecule has 3 aromatic rings. The number of ether oxygens (including phenoxy) is 1. The number of esters is 1. The SMILES string of the molecule is O=C(CN1C(=O)[C@H]2C3c4ccccc4C(c4ccccc43)[C@@H]2C1=O)OCC(=O)c1ccccc1. The van der Waals surface area contributed by atoms with E-state index < -0.39 is 31.0 Å². The average Bonchev–Trinajstić information content (AvgIpc) is 3.13. The summed E-state index contributed by atoms with van der Waals surface area (Å²) in [7, 11) is 0. The Kier molecular flexibility index (Phi) is 4.69. The van der Waals surface area contributed by atoms with Crippen LogP contribution >= 0.6 is 0 Å². The Morgan fingerprint density at radius 3 is 1.59 bits per heavy atom. The maximum Gasteiger partial charge on any atom is 0.326 e. The summed E-state index contributed by atoms with van der Waals surface area (Å²) in [4.78, 5) is 52.8. The molecular formula is C28H21NO5. The highest BCUT2D eigenvalue weighted by Crippen LogP contribution is 2.60. The average molecular weight is 451 g/mol. The Morgan fingerprint density at radius 2 is 1.12 bits per heavy atom. The lowest BCUT2D eigenvalue weighted by atomic mass is 9.55. The maximum atomic E-state index is 13.5. The number of likely N-dealkylation sites (tertiary alicyclic amines) is 1. The van der Waals surface area contributed by atoms with Crippen LogP contribution in [-0.4, -0.2) is 41.6 Å². The number of nitrogens with zero attached hydrogens (tertiary/aromatic N) is 1. The van der Waals surface area contributed by atoms with Crippen molar-refractivity contribution >= 4 is 23.6 Å². The van der Waals surface area contributed by atoms with Crippen molar-refractivity contribution in [3.05, 3.63) is 107 Å². The minimum Gasteiger partial charge on any atom is -0.456 e. The summed E-state index contributed by atoms with van der Waals surface area (Å²) in [6, 6.07) is 24.5. The van der Waals surface area contributed by atoms with Gasteiger partial charge in [-0.2, -0.15) is 0 Å². The van der Waals surface area contributed by atoms with E-state index in [4.69, 9.17) is 4.74 Å². The first kappa shape index (κ1) is 20.5. The molecule has 6 heteroatoms. The number of amides is 2. The Bertz CT molecular complexity index is 1230. The maximum absolute atomic E-state index is 13.5. The van der Waals surface area contributed by atoms with E-state index in [2.05, 4.69) is 0 Å². The second kappa shape index (κ2) is 7.76. The lowest BCUT2D eigenvalue weighted by molar-refractivity contribution is -0.152. The number of carbonyl (C=O) groups is 4. The molecule has 0 saturated carbocycles. The molecular weight excluding hydrogens is 430 g/mol. The van der Waals surface area contributed by atoms with Crippen LogP contribution in [0.1, 0.15) is 44.4 Å². The summed E-state index contributed by atoms with van der Waals surface area (Å²) in [6.45, 7) is -0.924. The zero-order valence-electron chi connectivity index (χ0n) is 18.2. The van der Waals surface area contributed by atoms with Gasteiger partial charge in [0, 0.05) is 17.4 Å². The van der Waals surface area contributed by atoms with E-state index in [1.54, 1.807) is 30.3 Å². The van der Waals surface area contributed by atoms with Gasteiger partial charge >= 0.3 is 5.97 Å². The molecule has 7 rings (SSSR count). The summed E-state index contributed by atoms with van der Waals surface area (Å²) >= 11 is 0. The highest BCUT2D eigenvalue weighted by molar-refractivity contribution is 6.09. The Labute approximate surface area is 196 Å². The molecule has 4 aliphatic rings.